The molecule has 3 rings (SSSR count). The van der Waals surface area contributed by atoms with E-state index in [4.69, 9.17) is 4.74 Å². The molecule has 1 heterocycles. The lowest BCUT2D eigenvalue weighted by Gasteiger charge is -2.38. The van der Waals surface area contributed by atoms with Crippen molar-refractivity contribution in [2.75, 3.05) is 6.61 Å². The fraction of sp³-hybridized carbons (Fsp3) is 0.600. The summed E-state index contributed by atoms with van der Waals surface area (Å²) in [5.74, 6) is 1.35. The van der Waals surface area contributed by atoms with Gasteiger partial charge in [0.05, 0.1) is 6.61 Å². The van der Waals surface area contributed by atoms with E-state index < -0.39 is 5.60 Å². The molecule has 3 heteroatoms. The quantitative estimate of drug-likeness (QED) is 0.859. The van der Waals surface area contributed by atoms with E-state index in [0.717, 1.165) is 23.1 Å². The molecule has 2 nitrogen and oxygen atoms in total. The van der Waals surface area contributed by atoms with Crippen LogP contribution in [0, 0.1) is 12.8 Å². The van der Waals surface area contributed by atoms with Crippen LogP contribution in [-0.4, -0.2) is 17.3 Å². The van der Waals surface area contributed by atoms with E-state index in [1.807, 2.05) is 0 Å². The van der Waals surface area contributed by atoms with E-state index in [1.165, 1.54) is 11.1 Å². The minimum absolute atomic E-state index is 0.0628. The molecule has 98 valence electrons. The number of aliphatic hydroxyl groups is 1. The summed E-state index contributed by atoms with van der Waals surface area (Å²) in [4.78, 5) is 0. The van der Waals surface area contributed by atoms with Gasteiger partial charge in [0, 0.05) is 15.5 Å². The molecule has 1 aromatic rings. The van der Waals surface area contributed by atoms with Crippen LogP contribution in [0.15, 0.2) is 16.6 Å². The first-order valence-corrected chi connectivity index (χ1v) is 7.34. The summed E-state index contributed by atoms with van der Waals surface area (Å²) in [6.45, 7) is 6.59. The van der Waals surface area contributed by atoms with Crippen LogP contribution in [0.25, 0.3) is 0 Å². The normalized spacial score (nSPS) is 37.3. The molecule has 18 heavy (non-hydrogen) atoms. The Hall–Kier alpha value is -0.540. The van der Waals surface area contributed by atoms with E-state index in [1.54, 1.807) is 0 Å². The average molecular weight is 311 g/mol. The highest BCUT2D eigenvalue weighted by molar-refractivity contribution is 9.10. The number of rotatable bonds is 1. The second-order valence-corrected chi connectivity index (χ2v) is 6.87. The van der Waals surface area contributed by atoms with Crippen molar-refractivity contribution in [3.63, 3.8) is 0 Å². The molecule has 0 amide bonds. The number of hydrogen-bond donors (Lipinski definition) is 1. The zero-order chi connectivity index (χ0) is 13.1. The predicted octanol–water partition coefficient (Wildman–Crippen LogP) is 3.57. The maximum absolute atomic E-state index is 9.94. The molecule has 1 N–H and O–H groups in total. The Kier molecular flexibility index (Phi) is 2.59. The van der Waals surface area contributed by atoms with Crippen molar-refractivity contribution in [1.29, 1.82) is 0 Å². The van der Waals surface area contributed by atoms with Gasteiger partial charge in [-0.3, -0.25) is 0 Å². The Bertz CT molecular complexity index is 513. The van der Waals surface area contributed by atoms with E-state index in [2.05, 4.69) is 48.8 Å². The first-order chi connectivity index (χ1) is 8.44. The van der Waals surface area contributed by atoms with Gasteiger partial charge >= 0.3 is 0 Å². The second-order valence-electron chi connectivity index (χ2n) is 6.02. The second kappa shape index (κ2) is 3.73. The Morgan fingerprint density at radius 1 is 1.50 bits per heavy atom. The van der Waals surface area contributed by atoms with Gasteiger partial charge in [0.1, 0.15) is 11.4 Å². The summed E-state index contributed by atoms with van der Waals surface area (Å²) in [5, 5.41) is 9.94. The molecule has 0 aromatic heterocycles. The van der Waals surface area contributed by atoms with Crippen LogP contribution in [0.3, 0.4) is 0 Å². The zero-order valence-corrected chi connectivity index (χ0v) is 12.7. The lowest BCUT2D eigenvalue weighted by Crippen LogP contribution is -2.52. The number of aryl methyl sites for hydroxylation is 1. The van der Waals surface area contributed by atoms with Crippen molar-refractivity contribution in [1.82, 2.24) is 0 Å². The minimum atomic E-state index is -0.428. The summed E-state index contributed by atoms with van der Waals surface area (Å²) < 4.78 is 7.37. The third kappa shape index (κ3) is 1.27. The van der Waals surface area contributed by atoms with Crippen molar-refractivity contribution in [3.05, 3.63) is 27.7 Å². The number of benzene rings is 1. The zero-order valence-electron chi connectivity index (χ0n) is 11.1. The summed E-state index contributed by atoms with van der Waals surface area (Å²) in [7, 11) is 0. The van der Waals surface area contributed by atoms with Crippen LogP contribution in [-0.2, 0) is 5.41 Å². The Balaban J connectivity index is 2.22. The van der Waals surface area contributed by atoms with E-state index >= 15 is 0 Å². The highest BCUT2D eigenvalue weighted by atomic mass is 79.9. The standard InChI is InChI=1S/C15H19BrO2/c1-9-6-13-11(7-12(9)16)14(3)5-4-10(2)15(14,8-17)18-13/h6-7,10,17H,4-5,8H2,1-3H3/t10?,14-,15+/m0/s1. The van der Waals surface area contributed by atoms with Crippen molar-refractivity contribution in [3.8, 4) is 5.75 Å². The van der Waals surface area contributed by atoms with Crippen LogP contribution in [0.4, 0.5) is 0 Å². The van der Waals surface area contributed by atoms with Gasteiger partial charge in [-0.25, -0.2) is 0 Å². The maximum atomic E-state index is 9.94. The van der Waals surface area contributed by atoms with Gasteiger partial charge in [0.2, 0.25) is 0 Å². The first-order valence-electron chi connectivity index (χ1n) is 6.55. The average Bonchev–Trinajstić information content (AvgIpc) is 2.72. The first kappa shape index (κ1) is 12.5. The van der Waals surface area contributed by atoms with Gasteiger partial charge in [-0.15, -0.1) is 0 Å². The number of aliphatic hydroxyl groups excluding tert-OH is 1. The highest BCUT2D eigenvalue weighted by Gasteiger charge is 2.63. The number of fused-ring (bicyclic) bond motifs is 3. The van der Waals surface area contributed by atoms with Gasteiger partial charge < -0.3 is 9.84 Å². The maximum Gasteiger partial charge on any atom is 0.144 e. The third-order valence-electron chi connectivity index (χ3n) is 5.19. The molecule has 0 spiro atoms. The Labute approximate surface area is 116 Å². The third-order valence-corrected chi connectivity index (χ3v) is 6.04. The number of hydrogen-bond acceptors (Lipinski definition) is 2. The molecule has 3 atom stereocenters. The van der Waals surface area contributed by atoms with Crippen LogP contribution >= 0.6 is 15.9 Å². The van der Waals surface area contributed by atoms with Crippen LogP contribution in [0.5, 0.6) is 5.75 Å². The molecule has 1 aliphatic carbocycles. The molecule has 1 fully saturated rings. The monoisotopic (exact) mass is 310 g/mol. The van der Waals surface area contributed by atoms with Gasteiger partial charge in [0.25, 0.3) is 0 Å². The van der Waals surface area contributed by atoms with Gasteiger partial charge in [-0.1, -0.05) is 29.8 Å². The lowest BCUT2D eigenvalue weighted by molar-refractivity contribution is -0.0376. The Morgan fingerprint density at radius 2 is 2.22 bits per heavy atom. The van der Waals surface area contributed by atoms with E-state index in [9.17, 15) is 5.11 Å². The summed E-state index contributed by atoms with van der Waals surface area (Å²) in [5.41, 5.74) is 1.94. The smallest absolute Gasteiger partial charge is 0.144 e. The molecule has 1 aromatic carbocycles. The van der Waals surface area contributed by atoms with Crippen LogP contribution in [0.1, 0.15) is 37.8 Å². The fourth-order valence-electron chi connectivity index (χ4n) is 3.80. The summed E-state index contributed by atoms with van der Waals surface area (Å²) in [6, 6.07) is 4.27. The molecule has 2 aliphatic rings. The summed E-state index contributed by atoms with van der Waals surface area (Å²) >= 11 is 3.61. The molecule has 1 aliphatic heterocycles. The van der Waals surface area contributed by atoms with Gasteiger partial charge in [-0.05, 0) is 43.4 Å². The SMILES string of the molecule is Cc1cc2c(cc1Br)[C@]1(C)CCC(C)[C@@]1(CO)O2. The largest absolute Gasteiger partial charge is 0.483 e. The molecular weight excluding hydrogens is 292 g/mol. The van der Waals surface area contributed by atoms with Crippen molar-refractivity contribution in [2.45, 2.75) is 44.6 Å². The van der Waals surface area contributed by atoms with Gasteiger partial charge in [0.15, 0.2) is 0 Å². The van der Waals surface area contributed by atoms with E-state index in [-0.39, 0.29) is 12.0 Å². The van der Waals surface area contributed by atoms with Crippen LogP contribution < -0.4 is 4.74 Å². The number of halogens is 1. The molecular formula is C15H19BrO2. The van der Waals surface area contributed by atoms with Crippen molar-refractivity contribution < 1.29 is 9.84 Å². The molecule has 0 radical (unpaired) electrons. The van der Waals surface area contributed by atoms with Crippen molar-refractivity contribution >= 4 is 15.9 Å². The number of ether oxygens (including phenoxy) is 1. The minimum Gasteiger partial charge on any atom is -0.483 e. The topological polar surface area (TPSA) is 29.5 Å². The van der Waals surface area contributed by atoms with Crippen LogP contribution in [0.2, 0.25) is 0 Å². The molecule has 0 saturated heterocycles. The predicted molar refractivity (Wildman–Crippen MR) is 75.1 cm³/mol. The Morgan fingerprint density at radius 3 is 2.89 bits per heavy atom. The van der Waals surface area contributed by atoms with Crippen molar-refractivity contribution in [2.24, 2.45) is 5.92 Å². The molecule has 1 saturated carbocycles. The van der Waals surface area contributed by atoms with E-state index in [0.29, 0.717) is 5.92 Å². The summed E-state index contributed by atoms with van der Waals surface area (Å²) in [6.07, 6.45) is 2.19. The highest BCUT2D eigenvalue weighted by Crippen LogP contribution is 2.60. The molecule has 1 unspecified atom stereocenters. The molecule has 0 bridgehead atoms. The fourth-order valence-corrected chi connectivity index (χ4v) is 4.14. The lowest BCUT2D eigenvalue weighted by atomic mass is 9.71. The van der Waals surface area contributed by atoms with Gasteiger partial charge in [-0.2, -0.15) is 0 Å².